The molecule has 0 saturated heterocycles. The highest BCUT2D eigenvalue weighted by Gasteiger charge is 2.35. The fraction of sp³-hybridized carbons (Fsp3) is 0.500. The molecule has 1 aromatic heterocycles. The molecule has 0 spiro atoms. The maximum atomic E-state index is 13.4. The van der Waals surface area contributed by atoms with Crippen molar-refractivity contribution in [2.45, 2.75) is 49.2 Å². The number of hydrogen-bond donors (Lipinski definition) is 2. The quantitative estimate of drug-likeness (QED) is 0.471. The van der Waals surface area contributed by atoms with Crippen LogP contribution in [0, 0.1) is 5.92 Å². The summed E-state index contributed by atoms with van der Waals surface area (Å²) in [6.07, 6.45) is -7.23. The molecule has 9 nitrogen and oxygen atoms in total. The van der Waals surface area contributed by atoms with Crippen molar-refractivity contribution in [1.82, 2.24) is 9.21 Å². The van der Waals surface area contributed by atoms with Crippen LogP contribution in [0.3, 0.4) is 0 Å². The van der Waals surface area contributed by atoms with Crippen molar-refractivity contribution in [1.29, 1.82) is 0 Å². The number of aliphatic hydroxyl groups excluding tert-OH is 1. The molecule has 1 aromatic carbocycles. The highest BCUT2D eigenvalue weighted by atomic mass is 32.2. The van der Waals surface area contributed by atoms with Crippen molar-refractivity contribution in [3.05, 3.63) is 41.3 Å². The van der Waals surface area contributed by atoms with E-state index in [9.17, 15) is 36.3 Å². The molecule has 0 fully saturated rings. The molecule has 0 saturated carbocycles. The van der Waals surface area contributed by atoms with E-state index in [1.165, 1.54) is 40.5 Å². The number of nitrogens with zero attached hydrogens (tertiary/aromatic N) is 2. The van der Waals surface area contributed by atoms with E-state index in [-0.39, 0.29) is 46.8 Å². The van der Waals surface area contributed by atoms with Gasteiger partial charge in [0, 0.05) is 31.6 Å². The Bertz CT molecular complexity index is 1240. The first-order chi connectivity index (χ1) is 17.7. The zero-order valence-electron chi connectivity index (χ0n) is 21.1. The summed E-state index contributed by atoms with van der Waals surface area (Å²) in [4.78, 5) is 26.9. The second-order valence-electron chi connectivity index (χ2n) is 9.21. The third kappa shape index (κ3) is 7.24. The molecule has 38 heavy (non-hydrogen) atoms. The second kappa shape index (κ2) is 12.0. The van der Waals surface area contributed by atoms with Crippen molar-refractivity contribution in [2.24, 2.45) is 5.92 Å². The number of anilines is 1. The Morgan fingerprint density at radius 2 is 2.05 bits per heavy atom. The van der Waals surface area contributed by atoms with Crippen LogP contribution in [-0.4, -0.2) is 79.6 Å². The van der Waals surface area contributed by atoms with Crippen molar-refractivity contribution < 1.29 is 41.0 Å². The lowest BCUT2D eigenvalue weighted by atomic mass is 9.99. The molecule has 2 heterocycles. The first kappa shape index (κ1) is 29.9. The number of amides is 2. The molecule has 0 aliphatic carbocycles. The molecule has 0 bridgehead atoms. The van der Waals surface area contributed by atoms with Gasteiger partial charge in [-0.3, -0.25) is 9.59 Å². The first-order valence-electron chi connectivity index (χ1n) is 11.8. The number of carbonyl (C=O) groups is 2. The zero-order chi connectivity index (χ0) is 28.3. The van der Waals surface area contributed by atoms with Crippen LogP contribution < -0.4 is 10.1 Å². The zero-order valence-corrected chi connectivity index (χ0v) is 22.7. The van der Waals surface area contributed by atoms with Gasteiger partial charge < -0.3 is 20.1 Å². The molecule has 0 radical (unpaired) electrons. The number of aliphatic hydroxyl groups is 1. The lowest BCUT2D eigenvalue weighted by Crippen LogP contribution is -2.50. The van der Waals surface area contributed by atoms with E-state index in [1.807, 2.05) is 0 Å². The van der Waals surface area contributed by atoms with E-state index in [0.717, 1.165) is 11.3 Å². The molecule has 2 amide bonds. The number of hydrogen-bond acceptors (Lipinski definition) is 7. The third-order valence-electron chi connectivity index (χ3n) is 6.18. The SMILES string of the molecule is C[C@@H]1CN([C@H](C)CO)C(=O)c2cc(NC(=O)CCC(F)(F)F)ccc2O[C@H]1CN(C)S(=O)(=O)c1cccs1. The third-order valence-corrected chi connectivity index (χ3v) is 9.38. The number of alkyl halides is 3. The average molecular weight is 578 g/mol. The molecule has 1 aliphatic heterocycles. The number of thiophene rings is 1. The van der Waals surface area contributed by atoms with Gasteiger partial charge >= 0.3 is 6.18 Å². The Labute approximate surface area is 223 Å². The highest BCUT2D eigenvalue weighted by molar-refractivity contribution is 7.91. The molecule has 3 atom stereocenters. The number of carbonyl (C=O) groups excluding carboxylic acids is 2. The lowest BCUT2D eigenvalue weighted by Gasteiger charge is -2.38. The number of ether oxygens (including phenoxy) is 1. The molecule has 1 aliphatic rings. The Hall–Kier alpha value is -2.68. The van der Waals surface area contributed by atoms with E-state index in [2.05, 4.69) is 5.32 Å². The van der Waals surface area contributed by atoms with E-state index in [0.29, 0.717) is 0 Å². The summed E-state index contributed by atoms with van der Waals surface area (Å²) in [5, 5.41) is 13.8. The number of nitrogens with one attached hydrogen (secondary N) is 1. The number of rotatable bonds is 9. The first-order valence-corrected chi connectivity index (χ1v) is 14.1. The van der Waals surface area contributed by atoms with E-state index >= 15 is 0 Å². The minimum absolute atomic E-state index is 0.0274. The number of benzene rings is 1. The number of halogens is 3. The summed E-state index contributed by atoms with van der Waals surface area (Å²) in [5.74, 6) is -1.59. The number of likely N-dealkylation sites (N-methyl/N-ethyl adjacent to an activating group) is 1. The van der Waals surface area contributed by atoms with Gasteiger partial charge in [-0.15, -0.1) is 11.3 Å². The van der Waals surface area contributed by atoms with Gasteiger partial charge in [0.15, 0.2) is 0 Å². The van der Waals surface area contributed by atoms with Crippen LogP contribution in [0.25, 0.3) is 0 Å². The molecular formula is C24H30F3N3O6S2. The van der Waals surface area contributed by atoms with E-state index in [4.69, 9.17) is 4.74 Å². The Morgan fingerprint density at radius 1 is 1.34 bits per heavy atom. The highest BCUT2D eigenvalue weighted by Crippen LogP contribution is 2.32. The van der Waals surface area contributed by atoms with E-state index in [1.54, 1.807) is 25.3 Å². The lowest BCUT2D eigenvalue weighted by molar-refractivity contribution is -0.142. The summed E-state index contributed by atoms with van der Waals surface area (Å²) in [6, 6.07) is 6.66. The van der Waals surface area contributed by atoms with Gasteiger partial charge in [-0.25, -0.2) is 8.42 Å². The monoisotopic (exact) mass is 577 g/mol. The number of fused-ring (bicyclic) bond motifs is 1. The minimum atomic E-state index is -4.48. The summed E-state index contributed by atoms with van der Waals surface area (Å²) in [5.41, 5.74) is 0.131. The van der Waals surface area contributed by atoms with Crippen LogP contribution in [-0.2, 0) is 14.8 Å². The fourth-order valence-electron chi connectivity index (χ4n) is 3.91. The number of sulfonamides is 1. The Kier molecular flexibility index (Phi) is 9.44. The van der Waals surface area contributed by atoms with Gasteiger partial charge in [0.2, 0.25) is 5.91 Å². The Morgan fingerprint density at radius 3 is 2.66 bits per heavy atom. The smallest absolute Gasteiger partial charge is 0.389 e. The van der Waals surface area contributed by atoms with Crippen molar-refractivity contribution in [3.63, 3.8) is 0 Å². The van der Waals surface area contributed by atoms with Crippen molar-refractivity contribution in [3.8, 4) is 5.75 Å². The maximum absolute atomic E-state index is 13.4. The van der Waals surface area contributed by atoms with Crippen molar-refractivity contribution >= 4 is 38.9 Å². The molecule has 2 N–H and O–H groups in total. The van der Waals surface area contributed by atoms with E-state index < -0.39 is 53.0 Å². The molecular weight excluding hydrogens is 547 g/mol. The minimum Gasteiger partial charge on any atom is -0.488 e. The van der Waals surface area contributed by atoms with Crippen LogP contribution in [0.4, 0.5) is 18.9 Å². The predicted octanol–water partition coefficient (Wildman–Crippen LogP) is 3.57. The predicted molar refractivity (Wildman–Crippen MR) is 136 cm³/mol. The average Bonchev–Trinajstić information content (AvgIpc) is 3.40. The van der Waals surface area contributed by atoms with Gasteiger partial charge in [-0.05, 0) is 36.6 Å². The maximum Gasteiger partial charge on any atom is 0.389 e. The van der Waals surface area contributed by atoms with Crippen molar-refractivity contribution in [2.75, 3.05) is 32.1 Å². The van der Waals surface area contributed by atoms with Crippen LogP contribution in [0.5, 0.6) is 5.75 Å². The van der Waals surface area contributed by atoms with Gasteiger partial charge in [0.1, 0.15) is 16.1 Å². The normalized spacial score (nSPS) is 19.4. The molecule has 0 unspecified atom stereocenters. The fourth-order valence-corrected chi connectivity index (χ4v) is 6.30. The molecule has 210 valence electrons. The van der Waals surface area contributed by atoms with Crippen LogP contribution in [0.15, 0.2) is 39.9 Å². The second-order valence-corrected chi connectivity index (χ2v) is 12.4. The topological polar surface area (TPSA) is 116 Å². The van der Waals surface area contributed by atoms with Gasteiger partial charge in [-0.1, -0.05) is 13.0 Å². The van der Waals surface area contributed by atoms with Crippen LogP contribution in [0.2, 0.25) is 0 Å². The largest absolute Gasteiger partial charge is 0.488 e. The summed E-state index contributed by atoms with van der Waals surface area (Å²) in [6.45, 7) is 3.23. The van der Waals surface area contributed by atoms with Gasteiger partial charge in [0.05, 0.1) is 31.2 Å². The summed E-state index contributed by atoms with van der Waals surface area (Å²) in [7, 11) is -2.34. The van der Waals surface area contributed by atoms with Crippen LogP contribution in [0.1, 0.15) is 37.0 Å². The van der Waals surface area contributed by atoms with Gasteiger partial charge in [-0.2, -0.15) is 17.5 Å². The van der Waals surface area contributed by atoms with Gasteiger partial charge in [0.25, 0.3) is 15.9 Å². The molecule has 3 rings (SSSR count). The van der Waals surface area contributed by atoms with Crippen LogP contribution >= 0.6 is 11.3 Å². The molecule has 14 heteroatoms. The summed E-state index contributed by atoms with van der Waals surface area (Å²) >= 11 is 1.09. The standard InChI is InChI=1S/C24H30F3N3O6S2/c1-15-12-30(16(2)14-31)23(33)18-11-17(28-21(32)8-9-24(25,26)27)6-7-19(18)36-20(15)13-29(3)38(34,35)22-5-4-10-37-22/h4-7,10-11,15-16,20,31H,8-9,12-14H2,1-3H3,(H,28,32)/t15-,16-,20+/m1/s1. The summed E-state index contributed by atoms with van der Waals surface area (Å²) < 4.78 is 70.9. The Balaban J connectivity index is 1.91. The molecule has 2 aromatic rings.